The number of benzene rings is 1. The van der Waals surface area contributed by atoms with Gasteiger partial charge >= 0.3 is 0 Å². The number of likely N-dealkylation sites (N-methyl/N-ethyl adjacent to an activating group) is 1. The quantitative estimate of drug-likeness (QED) is 0.855. The molecule has 0 aliphatic carbocycles. The third-order valence-corrected chi connectivity index (χ3v) is 2.99. The van der Waals surface area contributed by atoms with Crippen molar-refractivity contribution in [1.29, 1.82) is 0 Å². The van der Waals surface area contributed by atoms with E-state index in [0.29, 0.717) is 30.1 Å². The Labute approximate surface area is 118 Å². The number of carbonyl (C=O) groups is 2. The SMILES string of the molecule is C=C(C)CN(CC)C(=O)c1ccc2c(c1)OCC(=O)N2. The molecule has 0 spiro atoms. The van der Waals surface area contributed by atoms with Crippen molar-refractivity contribution in [1.82, 2.24) is 4.90 Å². The van der Waals surface area contributed by atoms with Gasteiger partial charge in [-0.25, -0.2) is 0 Å². The maximum atomic E-state index is 12.4. The highest BCUT2D eigenvalue weighted by molar-refractivity contribution is 5.99. The van der Waals surface area contributed by atoms with Gasteiger partial charge in [0.2, 0.25) is 0 Å². The molecular weight excluding hydrogens is 256 g/mol. The molecule has 2 rings (SSSR count). The molecule has 2 amide bonds. The lowest BCUT2D eigenvalue weighted by atomic mass is 10.1. The second-order valence-corrected chi connectivity index (χ2v) is 4.82. The van der Waals surface area contributed by atoms with E-state index in [0.717, 1.165) is 5.57 Å². The van der Waals surface area contributed by atoms with Gasteiger partial charge in [-0.15, -0.1) is 0 Å². The highest BCUT2D eigenvalue weighted by Crippen LogP contribution is 2.29. The predicted octanol–water partition coefficient (Wildman–Crippen LogP) is 2.06. The molecule has 5 heteroatoms. The summed E-state index contributed by atoms with van der Waals surface area (Å²) in [5, 5.41) is 2.70. The predicted molar refractivity (Wildman–Crippen MR) is 77.0 cm³/mol. The molecule has 20 heavy (non-hydrogen) atoms. The van der Waals surface area contributed by atoms with Crippen molar-refractivity contribution in [2.24, 2.45) is 0 Å². The lowest BCUT2D eigenvalue weighted by Gasteiger charge is -2.23. The maximum Gasteiger partial charge on any atom is 0.262 e. The number of fused-ring (bicyclic) bond motifs is 1. The fourth-order valence-electron chi connectivity index (χ4n) is 2.04. The van der Waals surface area contributed by atoms with E-state index in [2.05, 4.69) is 11.9 Å². The molecule has 106 valence electrons. The number of hydrogen-bond acceptors (Lipinski definition) is 3. The highest BCUT2D eigenvalue weighted by atomic mass is 16.5. The van der Waals surface area contributed by atoms with Crippen LogP contribution in [-0.2, 0) is 4.79 Å². The number of amides is 2. The highest BCUT2D eigenvalue weighted by Gasteiger charge is 2.20. The van der Waals surface area contributed by atoms with Crippen molar-refractivity contribution in [2.45, 2.75) is 13.8 Å². The molecule has 1 heterocycles. The molecule has 0 saturated carbocycles. The average Bonchev–Trinajstić information content (AvgIpc) is 2.43. The molecule has 1 aliphatic rings. The Balaban J connectivity index is 2.22. The van der Waals surface area contributed by atoms with Crippen molar-refractivity contribution >= 4 is 17.5 Å². The van der Waals surface area contributed by atoms with Gasteiger partial charge in [0.05, 0.1) is 5.69 Å². The van der Waals surface area contributed by atoms with Gasteiger partial charge < -0.3 is 15.0 Å². The average molecular weight is 274 g/mol. The van der Waals surface area contributed by atoms with Crippen LogP contribution in [0.5, 0.6) is 5.75 Å². The van der Waals surface area contributed by atoms with Crippen LogP contribution in [0.3, 0.4) is 0 Å². The van der Waals surface area contributed by atoms with E-state index in [9.17, 15) is 9.59 Å². The van der Waals surface area contributed by atoms with E-state index in [1.165, 1.54) is 0 Å². The third kappa shape index (κ3) is 2.99. The Bertz CT molecular complexity index is 566. The van der Waals surface area contributed by atoms with Crippen LogP contribution < -0.4 is 10.1 Å². The van der Waals surface area contributed by atoms with Gasteiger partial charge in [-0.3, -0.25) is 9.59 Å². The van der Waals surface area contributed by atoms with Crippen LogP contribution in [0.25, 0.3) is 0 Å². The maximum absolute atomic E-state index is 12.4. The number of nitrogens with zero attached hydrogens (tertiary/aromatic N) is 1. The second kappa shape index (κ2) is 5.77. The Hall–Kier alpha value is -2.30. The normalized spacial score (nSPS) is 13.0. The zero-order chi connectivity index (χ0) is 14.7. The summed E-state index contributed by atoms with van der Waals surface area (Å²) in [6.07, 6.45) is 0. The molecule has 0 saturated heterocycles. The zero-order valence-corrected chi connectivity index (χ0v) is 11.7. The zero-order valence-electron chi connectivity index (χ0n) is 11.7. The number of anilines is 1. The summed E-state index contributed by atoms with van der Waals surface area (Å²) in [4.78, 5) is 25.3. The van der Waals surface area contributed by atoms with E-state index in [4.69, 9.17) is 4.74 Å². The second-order valence-electron chi connectivity index (χ2n) is 4.82. The lowest BCUT2D eigenvalue weighted by molar-refractivity contribution is -0.118. The molecule has 0 unspecified atom stereocenters. The topological polar surface area (TPSA) is 58.6 Å². The molecule has 0 aromatic heterocycles. The van der Waals surface area contributed by atoms with Gasteiger partial charge in [0, 0.05) is 18.7 Å². The summed E-state index contributed by atoms with van der Waals surface area (Å²) in [7, 11) is 0. The number of rotatable bonds is 4. The molecule has 1 aromatic rings. The van der Waals surface area contributed by atoms with E-state index in [-0.39, 0.29) is 18.4 Å². The number of ether oxygens (including phenoxy) is 1. The van der Waals surface area contributed by atoms with E-state index in [1.807, 2.05) is 13.8 Å². The van der Waals surface area contributed by atoms with Gasteiger partial charge in [-0.2, -0.15) is 0 Å². The summed E-state index contributed by atoms with van der Waals surface area (Å²) < 4.78 is 5.32. The van der Waals surface area contributed by atoms with Gasteiger partial charge in [0.15, 0.2) is 6.61 Å². The first kappa shape index (κ1) is 14.1. The van der Waals surface area contributed by atoms with Crippen LogP contribution in [0, 0.1) is 0 Å². The first-order chi connectivity index (χ1) is 9.51. The number of nitrogens with one attached hydrogen (secondary N) is 1. The third-order valence-electron chi connectivity index (χ3n) is 2.99. The largest absolute Gasteiger partial charge is 0.482 e. The van der Waals surface area contributed by atoms with E-state index < -0.39 is 0 Å². The number of carbonyl (C=O) groups excluding carboxylic acids is 2. The van der Waals surface area contributed by atoms with Gasteiger partial charge in [-0.1, -0.05) is 12.2 Å². The van der Waals surface area contributed by atoms with Crippen LogP contribution in [0.15, 0.2) is 30.4 Å². The van der Waals surface area contributed by atoms with Crippen molar-refractivity contribution < 1.29 is 14.3 Å². The van der Waals surface area contributed by atoms with Crippen LogP contribution in [0.2, 0.25) is 0 Å². The smallest absolute Gasteiger partial charge is 0.262 e. The van der Waals surface area contributed by atoms with Crippen molar-refractivity contribution in [3.8, 4) is 5.75 Å². The van der Waals surface area contributed by atoms with Gasteiger partial charge in [0.25, 0.3) is 11.8 Å². The Morgan fingerprint density at radius 3 is 2.90 bits per heavy atom. The fourth-order valence-corrected chi connectivity index (χ4v) is 2.04. The molecule has 0 bridgehead atoms. The molecular formula is C15H18N2O3. The summed E-state index contributed by atoms with van der Waals surface area (Å²) in [6.45, 7) is 8.77. The summed E-state index contributed by atoms with van der Waals surface area (Å²) >= 11 is 0. The molecule has 5 nitrogen and oxygen atoms in total. The molecule has 1 aliphatic heterocycles. The lowest BCUT2D eigenvalue weighted by Crippen LogP contribution is -2.32. The van der Waals surface area contributed by atoms with Crippen molar-refractivity contribution in [3.63, 3.8) is 0 Å². The first-order valence-electron chi connectivity index (χ1n) is 6.51. The Kier molecular flexibility index (Phi) is 4.08. The van der Waals surface area contributed by atoms with Crippen LogP contribution in [0.1, 0.15) is 24.2 Å². The van der Waals surface area contributed by atoms with Crippen molar-refractivity contribution in [2.75, 3.05) is 25.0 Å². The van der Waals surface area contributed by atoms with Crippen molar-refractivity contribution in [3.05, 3.63) is 35.9 Å². The summed E-state index contributed by atoms with van der Waals surface area (Å²) in [5.74, 6) is 0.273. The Morgan fingerprint density at radius 1 is 1.50 bits per heavy atom. The summed E-state index contributed by atoms with van der Waals surface area (Å²) in [6, 6.07) is 5.05. The molecule has 0 radical (unpaired) electrons. The Morgan fingerprint density at radius 2 is 2.25 bits per heavy atom. The van der Waals surface area contributed by atoms with E-state index >= 15 is 0 Å². The molecule has 1 aromatic carbocycles. The number of hydrogen-bond donors (Lipinski definition) is 1. The molecule has 1 N–H and O–H groups in total. The standard InChI is InChI=1S/C15H18N2O3/c1-4-17(8-10(2)3)15(19)11-5-6-12-13(7-11)20-9-14(18)16-12/h5-7H,2,4,8-9H2,1,3H3,(H,16,18). The van der Waals surface area contributed by atoms with Gasteiger partial charge in [0.1, 0.15) is 5.75 Å². The fraction of sp³-hybridized carbons (Fsp3) is 0.333. The molecule has 0 fully saturated rings. The first-order valence-corrected chi connectivity index (χ1v) is 6.51. The molecule has 0 atom stereocenters. The van der Waals surface area contributed by atoms with Crippen LogP contribution >= 0.6 is 0 Å². The minimum Gasteiger partial charge on any atom is -0.482 e. The van der Waals surface area contributed by atoms with Gasteiger partial charge in [-0.05, 0) is 32.0 Å². The summed E-state index contributed by atoms with van der Waals surface area (Å²) in [5.41, 5.74) is 2.07. The monoisotopic (exact) mass is 274 g/mol. The van der Waals surface area contributed by atoms with Crippen LogP contribution in [0.4, 0.5) is 5.69 Å². The van der Waals surface area contributed by atoms with Crippen LogP contribution in [-0.4, -0.2) is 36.4 Å². The van der Waals surface area contributed by atoms with E-state index in [1.54, 1.807) is 23.1 Å². The minimum absolute atomic E-state index is 0.0199. The minimum atomic E-state index is -0.186.